The van der Waals surface area contributed by atoms with Crippen LogP contribution in [-0.2, 0) is 41.2 Å². The zero-order valence-electron chi connectivity index (χ0n) is 41.6. The molecular formula is C52H64N12O7. The van der Waals surface area contributed by atoms with Gasteiger partial charge in [-0.3, -0.25) is 33.5 Å². The second kappa shape index (κ2) is 23.5. The van der Waals surface area contributed by atoms with Crippen molar-refractivity contribution in [3.63, 3.8) is 0 Å². The van der Waals surface area contributed by atoms with Crippen LogP contribution in [0.3, 0.4) is 0 Å². The Bertz CT molecular complexity index is 2870. The van der Waals surface area contributed by atoms with Crippen LogP contribution in [0, 0.1) is 0 Å². The monoisotopic (exact) mass is 969 g/mol. The molecule has 2 atom stereocenters. The minimum absolute atomic E-state index is 0.0574. The molecule has 0 radical (unpaired) electrons. The first-order valence-corrected chi connectivity index (χ1v) is 23.4. The minimum atomic E-state index is -0.636. The largest absolute Gasteiger partial charge is 0.444 e. The molecule has 1 fully saturated rings. The molecule has 0 unspecified atom stereocenters. The van der Waals surface area contributed by atoms with Crippen molar-refractivity contribution in [1.82, 2.24) is 39.7 Å². The quantitative estimate of drug-likeness (QED) is 0.0739. The van der Waals surface area contributed by atoms with E-state index in [9.17, 15) is 24.0 Å². The lowest BCUT2D eigenvalue weighted by Crippen LogP contribution is -2.44. The number of rotatable bonds is 15. The van der Waals surface area contributed by atoms with Gasteiger partial charge in [-0.15, -0.1) is 0 Å². The zero-order valence-corrected chi connectivity index (χ0v) is 41.6. The number of anilines is 4. The zero-order chi connectivity index (χ0) is 51.3. The van der Waals surface area contributed by atoms with Gasteiger partial charge < -0.3 is 41.4 Å². The van der Waals surface area contributed by atoms with Crippen LogP contribution in [0.4, 0.5) is 32.9 Å². The lowest BCUT2D eigenvalue weighted by Gasteiger charge is -2.25. The standard InChI is InChI=1S/C28H34N6O4.C24H30N6O3/c1-28(2,3)38-27(37)31-21(17-19-9-6-5-7-10-19)18-30-26-32-23(20-12-14-29-15-13-20)24(25(36)33(26)4)34-16-8-11-22(34)35;1-24(2,3)33-23(32)28-18(14-16-8-6-5-7-9-16)15-27-22-29-20(17-10-12-26-13-11-17)19(25)21(31)30(22)4/h5-7,9-10,12-15,21H,8,11,16-18H2,1-4H3,(H,30,32)(H,31,37);5-13,18H,14-15,25H2,1-4H3,(H,27,29)(H,28,32)/t21-;18-/m00/s1. The average Bonchev–Trinajstić information content (AvgIpc) is 3.75. The van der Waals surface area contributed by atoms with E-state index in [1.165, 1.54) is 14.0 Å². The number of benzene rings is 2. The molecule has 6 aromatic rings. The normalized spacial score (nSPS) is 13.3. The maximum Gasteiger partial charge on any atom is 0.407 e. The van der Waals surface area contributed by atoms with Crippen LogP contribution in [0.15, 0.2) is 119 Å². The molecule has 1 aliphatic rings. The third-order valence-electron chi connectivity index (χ3n) is 10.9. The third kappa shape index (κ3) is 15.0. The second-order valence-electron chi connectivity index (χ2n) is 19.0. The van der Waals surface area contributed by atoms with Crippen LogP contribution in [0.2, 0.25) is 0 Å². The Kier molecular flexibility index (Phi) is 17.3. The summed E-state index contributed by atoms with van der Waals surface area (Å²) in [4.78, 5) is 82.8. The number of carbonyl (C=O) groups is 3. The summed E-state index contributed by atoms with van der Waals surface area (Å²) in [5.74, 6) is 0.565. The predicted molar refractivity (Wildman–Crippen MR) is 275 cm³/mol. The number of nitrogens with two attached hydrogens (primary N) is 1. The number of nitrogen functional groups attached to an aromatic ring is 1. The summed E-state index contributed by atoms with van der Waals surface area (Å²) in [6, 6.07) is 25.9. The summed E-state index contributed by atoms with van der Waals surface area (Å²) in [5, 5.41) is 12.3. The van der Waals surface area contributed by atoms with E-state index in [0.717, 1.165) is 11.1 Å². The summed E-state index contributed by atoms with van der Waals surface area (Å²) in [5.41, 5.74) is 8.68. The predicted octanol–water partition coefficient (Wildman–Crippen LogP) is 6.49. The summed E-state index contributed by atoms with van der Waals surface area (Å²) in [7, 11) is 3.21. The van der Waals surface area contributed by atoms with Gasteiger partial charge in [0.25, 0.3) is 11.1 Å². The van der Waals surface area contributed by atoms with Gasteiger partial charge in [-0.1, -0.05) is 60.7 Å². The third-order valence-corrected chi connectivity index (χ3v) is 10.9. The molecule has 2 aromatic carbocycles. The van der Waals surface area contributed by atoms with Gasteiger partial charge in [0.05, 0.1) is 12.1 Å². The Labute approximate surface area is 413 Å². The number of hydrogen-bond acceptors (Lipinski definition) is 14. The fraction of sp³-hybridized carbons (Fsp3) is 0.365. The van der Waals surface area contributed by atoms with E-state index in [1.54, 1.807) is 63.1 Å². The number of amides is 3. The molecular weight excluding hydrogens is 905 g/mol. The highest BCUT2D eigenvalue weighted by atomic mass is 16.6. The Morgan fingerprint density at radius 3 is 1.48 bits per heavy atom. The molecule has 374 valence electrons. The van der Waals surface area contributed by atoms with Crippen molar-refractivity contribution in [1.29, 1.82) is 0 Å². The average molecular weight is 969 g/mol. The molecule has 3 amide bonds. The highest BCUT2D eigenvalue weighted by Gasteiger charge is 2.30. The number of nitrogens with zero attached hydrogens (tertiary/aromatic N) is 7. The van der Waals surface area contributed by atoms with E-state index in [0.29, 0.717) is 73.2 Å². The van der Waals surface area contributed by atoms with Crippen LogP contribution in [0.5, 0.6) is 0 Å². The molecule has 71 heavy (non-hydrogen) atoms. The molecule has 1 saturated heterocycles. The highest BCUT2D eigenvalue weighted by molar-refractivity contribution is 5.98. The molecule has 19 nitrogen and oxygen atoms in total. The summed E-state index contributed by atoms with van der Waals surface area (Å²) >= 11 is 0. The maximum absolute atomic E-state index is 13.6. The molecule has 6 N–H and O–H groups in total. The molecule has 0 bridgehead atoms. The van der Waals surface area contributed by atoms with Crippen molar-refractivity contribution >= 4 is 41.4 Å². The van der Waals surface area contributed by atoms with Gasteiger partial charge in [0.1, 0.15) is 34.0 Å². The Balaban J connectivity index is 0.000000235. The first-order chi connectivity index (χ1) is 33.8. The van der Waals surface area contributed by atoms with Gasteiger partial charge in [-0.2, -0.15) is 0 Å². The van der Waals surface area contributed by atoms with Crippen LogP contribution >= 0.6 is 0 Å². The lowest BCUT2D eigenvalue weighted by molar-refractivity contribution is -0.117. The summed E-state index contributed by atoms with van der Waals surface area (Å²) < 4.78 is 13.6. The van der Waals surface area contributed by atoms with Crippen LogP contribution in [0.1, 0.15) is 65.5 Å². The van der Waals surface area contributed by atoms with E-state index in [1.807, 2.05) is 102 Å². The Morgan fingerprint density at radius 1 is 0.634 bits per heavy atom. The Morgan fingerprint density at radius 2 is 1.06 bits per heavy atom. The van der Waals surface area contributed by atoms with Crippen molar-refractivity contribution in [3.05, 3.63) is 142 Å². The SMILES string of the molecule is Cn1c(NC[C@H](Cc2ccccc2)NC(=O)OC(C)(C)C)nc(-c2ccncc2)c(N)c1=O.Cn1c(NC[C@H](Cc2ccccc2)NC(=O)OC(C)(C)C)nc(-c2ccncc2)c(N2CCCC2=O)c1=O. The van der Waals surface area contributed by atoms with Crippen LogP contribution in [0.25, 0.3) is 22.5 Å². The summed E-state index contributed by atoms with van der Waals surface area (Å²) in [6.07, 6.45) is 7.63. The van der Waals surface area contributed by atoms with E-state index in [-0.39, 0.29) is 47.0 Å². The van der Waals surface area contributed by atoms with Crippen molar-refractivity contribution in [2.75, 3.05) is 40.9 Å². The second-order valence-corrected chi connectivity index (χ2v) is 19.0. The molecule has 0 aliphatic carbocycles. The number of nitrogens with one attached hydrogen (secondary N) is 4. The van der Waals surface area contributed by atoms with E-state index in [4.69, 9.17) is 20.2 Å². The fourth-order valence-corrected chi connectivity index (χ4v) is 7.62. The van der Waals surface area contributed by atoms with Gasteiger partial charge in [-0.05, 0) is 96.2 Å². The van der Waals surface area contributed by atoms with Gasteiger partial charge >= 0.3 is 12.2 Å². The first kappa shape index (κ1) is 52.3. The number of hydrogen-bond donors (Lipinski definition) is 5. The van der Waals surface area contributed by atoms with Crippen LogP contribution in [-0.4, -0.2) is 90.1 Å². The van der Waals surface area contributed by atoms with E-state index in [2.05, 4.69) is 36.2 Å². The molecule has 0 saturated carbocycles. The van der Waals surface area contributed by atoms with Gasteiger partial charge in [0.2, 0.25) is 17.8 Å². The van der Waals surface area contributed by atoms with Gasteiger partial charge in [0, 0.05) is 76.1 Å². The smallest absolute Gasteiger partial charge is 0.407 e. The number of alkyl carbamates (subject to hydrolysis) is 2. The Hall–Kier alpha value is -8.09. The topological polar surface area (TPSA) is 243 Å². The van der Waals surface area contributed by atoms with E-state index < -0.39 is 23.4 Å². The van der Waals surface area contributed by atoms with Crippen molar-refractivity contribution in [3.8, 4) is 22.5 Å². The number of ether oxygens (including phenoxy) is 2. The molecule has 19 heteroatoms. The van der Waals surface area contributed by atoms with Crippen molar-refractivity contribution in [2.45, 2.75) is 90.5 Å². The number of pyridine rings is 2. The molecule has 1 aliphatic heterocycles. The molecule has 0 spiro atoms. The van der Waals surface area contributed by atoms with Crippen LogP contribution < -0.4 is 43.0 Å². The molecule has 5 heterocycles. The molecule has 4 aromatic heterocycles. The fourth-order valence-electron chi connectivity index (χ4n) is 7.62. The van der Waals surface area contributed by atoms with Gasteiger partial charge in [-0.25, -0.2) is 19.6 Å². The highest BCUT2D eigenvalue weighted by Crippen LogP contribution is 2.30. The van der Waals surface area contributed by atoms with Crippen molar-refractivity contribution < 1.29 is 23.9 Å². The van der Waals surface area contributed by atoms with E-state index >= 15 is 0 Å². The summed E-state index contributed by atoms with van der Waals surface area (Å²) in [6.45, 7) is 11.9. The first-order valence-electron chi connectivity index (χ1n) is 23.4. The van der Waals surface area contributed by atoms with Gasteiger partial charge in [0.15, 0.2) is 0 Å². The van der Waals surface area contributed by atoms with Crippen molar-refractivity contribution in [2.24, 2.45) is 14.1 Å². The lowest BCUT2D eigenvalue weighted by atomic mass is 10.1. The number of aromatic nitrogens is 6. The minimum Gasteiger partial charge on any atom is -0.444 e. The number of carbonyl (C=O) groups excluding carboxylic acids is 3. The molecule has 7 rings (SSSR count). The maximum atomic E-state index is 13.6.